The van der Waals surface area contributed by atoms with Crippen LogP contribution in [0.5, 0.6) is 0 Å². The van der Waals surface area contributed by atoms with Crippen LogP contribution in [-0.2, 0) is 6.54 Å². The Labute approximate surface area is 105 Å². The van der Waals surface area contributed by atoms with E-state index in [2.05, 4.69) is 27.4 Å². The van der Waals surface area contributed by atoms with E-state index in [1.54, 1.807) is 0 Å². The van der Waals surface area contributed by atoms with Gasteiger partial charge in [0.25, 0.3) is 0 Å². The van der Waals surface area contributed by atoms with E-state index in [9.17, 15) is 0 Å². The number of aromatic nitrogens is 3. The molecule has 1 atom stereocenters. The molecule has 1 heterocycles. The van der Waals surface area contributed by atoms with Crippen LogP contribution >= 0.6 is 11.6 Å². The van der Waals surface area contributed by atoms with Crippen LogP contribution in [0.1, 0.15) is 29.9 Å². The van der Waals surface area contributed by atoms with Crippen LogP contribution in [-0.4, -0.2) is 15.2 Å². The average Bonchev–Trinajstić information content (AvgIpc) is 2.81. The van der Waals surface area contributed by atoms with Crippen LogP contribution in [0.4, 0.5) is 0 Å². The normalized spacial score (nSPS) is 12.6. The molecule has 0 radical (unpaired) electrons. The topological polar surface area (TPSA) is 53.6 Å². The van der Waals surface area contributed by atoms with E-state index < -0.39 is 0 Å². The second kappa shape index (κ2) is 5.29. The first kappa shape index (κ1) is 12.1. The predicted octanol–water partition coefficient (Wildman–Crippen LogP) is 2.62. The molecule has 0 aliphatic rings. The van der Waals surface area contributed by atoms with Gasteiger partial charge >= 0.3 is 0 Å². The third-order valence-electron chi connectivity index (χ3n) is 2.75. The second-order valence-electron chi connectivity index (χ2n) is 4.04. The summed E-state index contributed by atoms with van der Waals surface area (Å²) in [7, 11) is 0. The second-order valence-corrected chi connectivity index (χ2v) is 4.48. The summed E-state index contributed by atoms with van der Waals surface area (Å²) in [5.41, 5.74) is 2.43. The van der Waals surface area contributed by atoms with E-state index in [1.807, 2.05) is 25.1 Å². The van der Waals surface area contributed by atoms with Crippen molar-refractivity contribution in [2.75, 3.05) is 0 Å². The fraction of sp³-hybridized carbons (Fsp3) is 0.333. The van der Waals surface area contributed by atoms with Crippen molar-refractivity contribution in [3.05, 3.63) is 46.5 Å². The molecule has 0 aliphatic carbocycles. The van der Waals surface area contributed by atoms with Crippen molar-refractivity contribution in [2.24, 2.45) is 0 Å². The van der Waals surface area contributed by atoms with Gasteiger partial charge in [-0.3, -0.25) is 5.10 Å². The lowest BCUT2D eigenvalue weighted by atomic mass is 10.1. The molecule has 5 heteroatoms. The molecule has 1 unspecified atom stereocenters. The van der Waals surface area contributed by atoms with Crippen molar-refractivity contribution in [1.29, 1.82) is 0 Å². The fourth-order valence-corrected chi connectivity index (χ4v) is 1.87. The third kappa shape index (κ3) is 3.05. The average molecular weight is 251 g/mol. The molecule has 0 amide bonds. The molecule has 0 aliphatic heterocycles. The minimum atomic E-state index is 0.146. The molecule has 90 valence electrons. The van der Waals surface area contributed by atoms with Crippen molar-refractivity contribution in [1.82, 2.24) is 20.5 Å². The van der Waals surface area contributed by atoms with Crippen molar-refractivity contribution in [3.63, 3.8) is 0 Å². The first-order valence-electron chi connectivity index (χ1n) is 5.50. The first-order chi connectivity index (χ1) is 8.16. The summed E-state index contributed by atoms with van der Waals surface area (Å²) in [6.45, 7) is 4.89. The van der Waals surface area contributed by atoms with E-state index in [-0.39, 0.29) is 6.04 Å². The van der Waals surface area contributed by atoms with Crippen molar-refractivity contribution in [3.8, 4) is 0 Å². The Bertz CT molecular complexity index is 481. The lowest BCUT2D eigenvalue weighted by molar-refractivity contribution is 0.547. The quantitative estimate of drug-likeness (QED) is 0.877. The van der Waals surface area contributed by atoms with Gasteiger partial charge in [-0.1, -0.05) is 17.7 Å². The lowest BCUT2D eigenvalue weighted by Crippen LogP contribution is -2.19. The lowest BCUT2D eigenvalue weighted by Gasteiger charge is -2.12. The van der Waals surface area contributed by atoms with Gasteiger partial charge in [-0.05, 0) is 37.1 Å². The molecule has 17 heavy (non-hydrogen) atoms. The number of benzene rings is 1. The monoisotopic (exact) mass is 250 g/mol. The highest BCUT2D eigenvalue weighted by atomic mass is 35.5. The van der Waals surface area contributed by atoms with Crippen LogP contribution in [0, 0.1) is 6.92 Å². The fourth-order valence-electron chi connectivity index (χ4n) is 1.64. The number of hydrogen-bond donors (Lipinski definition) is 2. The summed E-state index contributed by atoms with van der Waals surface area (Å²) in [6.07, 6.45) is 1.51. The minimum absolute atomic E-state index is 0.146. The molecule has 1 aromatic heterocycles. The summed E-state index contributed by atoms with van der Waals surface area (Å²) in [4.78, 5) is 4.11. The highest BCUT2D eigenvalue weighted by molar-refractivity contribution is 6.30. The summed E-state index contributed by atoms with van der Waals surface area (Å²) in [5, 5.41) is 10.8. The Balaban J connectivity index is 1.98. The third-order valence-corrected chi connectivity index (χ3v) is 2.98. The van der Waals surface area contributed by atoms with E-state index >= 15 is 0 Å². The number of halogens is 1. The Morgan fingerprint density at radius 1 is 1.47 bits per heavy atom. The van der Waals surface area contributed by atoms with E-state index in [1.165, 1.54) is 17.5 Å². The molecule has 1 aromatic carbocycles. The summed E-state index contributed by atoms with van der Waals surface area (Å²) in [5.74, 6) is 0.844. The van der Waals surface area contributed by atoms with Crippen LogP contribution in [0.2, 0.25) is 5.02 Å². The number of H-pyrrole nitrogens is 1. The number of hydrogen-bond acceptors (Lipinski definition) is 3. The molecule has 2 rings (SSSR count). The van der Waals surface area contributed by atoms with Crippen LogP contribution < -0.4 is 5.32 Å². The number of aryl methyl sites for hydroxylation is 1. The molecule has 0 saturated heterocycles. The zero-order valence-corrected chi connectivity index (χ0v) is 10.6. The molecular formula is C12H15ClN4. The molecular weight excluding hydrogens is 236 g/mol. The van der Waals surface area contributed by atoms with Gasteiger partial charge in [0.1, 0.15) is 12.2 Å². The Hall–Kier alpha value is -1.39. The number of rotatable bonds is 4. The summed E-state index contributed by atoms with van der Waals surface area (Å²) >= 11 is 5.92. The van der Waals surface area contributed by atoms with Crippen LogP contribution in [0.3, 0.4) is 0 Å². The van der Waals surface area contributed by atoms with Gasteiger partial charge < -0.3 is 5.32 Å². The molecule has 0 saturated carbocycles. The van der Waals surface area contributed by atoms with Crippen LogP contribution in [0.25, 0.3) is 0 Å². The van der Waals surface area contributed by atoms with Gasteiger partial charge in [0, 0.05) is 11.6 Å². The molecule has 0 fully saturated rings. The zero-order chi connectivity index (χ0) is 12.3. The highest BCUT2D eigenvalue weighted by Crippen LogP contribution is 2.16. The summed E-state index contributed by atoms with van der Waals surface area (Å²) < 4.78 is 0. The zero-order valence-electron chi connectivity index (χ0n) is 9.87. The Morgan fingerprint density at radius 2 is 2.29 bits per heavy atom. The Morgan fingerprint density at radius 3 is 2.94 bits per heavy atom. The SMILES string of the molecule is Cc1cc(Cl)ccc1CNC(C)c1ncn[nH]1. The predicted molar refractivity (Wildman–Crippen MR) is 67.8 cm³/mol. The van der Waals surface area contributed by atoms with Gasteiger partial charge in [0.15, 0.2) is 0 Å². The highest BCUT2D eigenvalue weighted by Gasteiger charge is 2.08. The number of aromatic amines is 1. The largest absolute Gasteiger partial charge is 0.303 e. The molecule has 0 spiro atoms. The maximum absolute atomic E-state index is 5.92. The molecule has 4 nitrogen and oxygen atoms in total. The van der Waals surface area contributed by atoms with Gasteiger partial charge in [0.05, 0.1) is 6.04 Å². The van der Waals surface area contributed by atoms with Crippen molar-refractivity contribution < 1.29 is 0 Å². The maximum Gasteiger partial charge on any atom is 0.141 e. The molecule has 2 N–H and O–H groups in total. The van der Waals surface area contributed by atoms with Crippen molar-refractivity contribution in [2.45, 2.75) is 26.4 Å². The van der Waals surface area contributed by atoms with E-state index in [0.29, 0.717) is 0 Å². The maximum atomic E-state index is 5.92. The molecule has 0 bridgehead atoms. The van der Waals surface area contributed by atoms with Gasteiger partial charge in [0.2, 0.25) is 0 Å². The van der Waals surface area contributed by atoms with Gasteiger partial charge in [-0.25, -0.2) is 4.98 Å². The number of nitrogens with one attached hydrogen (secondary N) is 2. The smallest absolute Gasteiger partial charge is 0.141 e. The van der Waals surface area contributed by atoms with Crippen LogP contribution in [0.15, 0.2) is 24.5 Å². The Kier molecular flexibility index (Phi) is 3.76. The van der Waals surface area contributed by atoms with Crippen molar-refractivity contribution >= 4 is 11.6 Å². The van der Waals surface area contributed by atoms with Gasteiger partial charge in [-0.2, -0.15) is 5.10 Å². The first-order valence-corrected chi connectivity index (χ1v) is 5.88. The molecule has 2 aromatic rings. The number of nitrogens with zero attached hydrogens (tertiary/aromatic N) is 2. The minimum Gasteiger partial charge on any atom is -0.303 e. The van der Waals surface area contributed by atoms with E-state index in [0.717, 1.165) is 17.4 Å². The van der Waals surface area contributed by atoms with E-state index in [4.69, 9.17) is 11.6 Å². The summed E-state index contributed by atoms with van der Waals surface area (Å²) in [6, 6.07) is 6.06. The standard InChI is InChI=1S/C12H15ClN4/c1-8-5-11(13)4-3-10(8)6-14-9(2)12-15-7-16-17-12/h3-5,7,9,14H,6H2,1-2H3,(H,15,16,17). The van der Waals surface area contributed by atoms with Gasteiger partial charge in [-0.15, -0.1) is 0 Å².